The van der Waals surface area contributed by atoms with E-state index in [0.29, 0.717) is 11.4 Å². The van der Waals surface area contributed by atoms with E-state index in [4.69, 9.17) is 4.42 Å². The van der Waals surface area contributed by atoms with Gasteiger partial charge in [-0.1, -0.05) is 6.07 Å². The van der Waals surface area contributed by atoms with Gasteiger partial charge in [-0.05, 0) is 61.5 Å². The van der Waals surface area contributed by atoms with Crippen LogP contribution in [0.15, 0.2) is 82.2 Å². The molecule has 0 aliphatic heterocycles. The zero-order chi connectivity index (χ0) is 25.2. The Kier molecular flexibility index (Phi) is 6.24. The highest BCUT2D eigenvalue weighted by Crippen LogP contribution is 2.30. The molecule has 178 valence electrons. The molecule has 2 aromatic heterocycles. The van der Waals surface area contributed by atoms with E-state index in [0.717, 1.165) is 22.9 Å². The zero-order valence-electron chi connectivity index (χ0n) is 18.1. The number of alkyl halides is 3. The van der Waals surface area contributed by atoms with Gasteiger partial charge in [-0.25, -0.2) is 4.68 Å². The summed E-state index contributed by atoms with van der Waals surface area (Å²) in [5, 5.41) is 9.14. The highest BCUT2D eigenvalue weighted by molar-refractivity contribution is 6.04. The molecule has 2 amide bonds. The smallest absolute Gasteiger partial charge is 0.416 e. The van der Waals surface area contributed by atoms with Crippen LogP contribution in [0.3, 0.4) is 0 Å². The summed E-state index contributed by atoms with van der Waals surface area (Å²) in [5.41, 5.74) is -1.04. The van der Waals surface area contributed by atoms with Gasteiger partial charge in [0.1, 0.15) is 0 Å². The van der Waals surface area contributed by atoms with Gasteiger partial charge in [0.2, 0.25) is 5.43 Å². The number of anilines is 2. The van der Waals surface area contributed by atoms with Crippen LogP contribution in [0.1, 0.15) is 32.3 Å². The second-order valence-corrected chi connectivity index (χ2v) is 7.42. The number of nitrogens with one attached hydrogen (secondary N) is 2. The number of benzene rings is 2. The zero-order valence-corrected chi connectivity index (χ0v) is 18.1. The topological polar surface area (TPSA) is 106 Å². The maximum absolute atomic E-state index is 13.1. The lowest BCUT2D eigenvalue weighted by Crippen LogP contribution is -2.27. The van der Waals surface area contributed by atoms with Crippen LogP contribution in [0.25, 0.3) is 5.69 Å². The van der Waals surface area contributed by atoms with Gasteiger partial charge in [0.05, 0.1) is 17.5 Å². The first kappa shape index (κ1) is 23.5. The van der Waals surface area contributed by atoms with Crippen LogP contribution < -0.4 is 16.1 Å². The summed E-state index contributed by atoms with van der Waals surface area (Å²) in [5.74, 6) is -1.17. The lowest BCUT2D eigenvalue weighted by Gasteiger charge is -2.13. The molecule has 4 aromatic rings. The summed E-state index contributed by atoms with van der Waals surface area (Å²) in [7, 11) is 0. The van der Waals surface area contributed by atoms with Gasteiger partial charge in [0, 0.05) is 23.1 Å². The van der Waals surface area contributed by atoms with Crippen molar-refractivity contribution in [1.29, 1.82) is 0 Å². The number of amides is 2. The van der Waals surface area contributed by atoms with Gasteiger partial charge in [-0.3, -0.25) is 14.4 Å². The Balaban J connectivity index is 1.54. The van der Waals surface area contributed by atoms with Crippen LogP contribution in [-0.4, -0.2) is 21.6 Å². The molecule has 2 heterocycles. The van der Waals surface area contributed by atoms with Gasteiger partial charge in [0.15, 0.2) is 11.5 Å². The number of hydrogen-bond acceptors (Lipinski definition) is 5. The van der Waals surface area contributed by atoms with Crippen LogP contribution in [-0.2, 0) is 6.18 Å². The van der Waals surface area contributed by atoms with Crippen molar-refractivity contribution in [1.82, 2.24) is 9.78 Å². The minimum absolute atomic E-state index is 0.0445. The number of aromatic nitrogens is 2. The summed E-state index contributed by atoms with van der Waals surface area (Å²) >= 11 is 0. The van der Waals surface area contributed by atoms with Gasteiger partial charge in [-0.2, -0.15) is 18.3 Å². The predicted octanol–water partition coefficient (Wildman–Crippen LogP) is 4.66. The minimum atomic E-state index is -4.56. The van der Waals surface area contributed by atoms with E-state index in [2.05, 4.69) is 15.7 Å². The fraction of sp³-hybridized carbons (Fsp3) is 0.0833. The van der Waals surface area contributed by atoms with Gasteiger partial charge in [-0.15, -0.1) is 0 Å². The number of carbonyl (C=O) groups is 2. The second-order valence-electron chi connectivity index (χ2n) is 7.42. The first-order valence-corrected chi connectivity index (χ1v) is 10.2. The molecule has 35 heavy (non-hydrogen) atoms. The Morgan fingerprint density at radius 1 is 0.914 bits per heavy atom. The Hall–Kier alpha value is -4.67. The number of halogens is 3. The first-order chi connectivity index (χ1) is 16.6. The first-order valence-electron chi connectivity index (χ1n) is 10.2. The number of rotatable bonds is 5. The number of nitrogens with zero attached hydrogens (tertiary/aromatic N) is 2. The summed E-state index contributed by atoms with van der Waals surface area (Å²) in [6.07, 6.45) is -3.19. The molecular formula is C24H17F3N4O4. The van der Waals surface area contributed by atoms with Gasteiger partial charge >= 0.3 is 6.18 Å². The van der Waals surface area contributed by atoms with Crippen LogP contribution in [0, 0.1) is 6.92 Å². The summed E-state index contributed by atoms with van der Waals surface area (Å²) in [6, 6.07) is 14.6. The second kappa shape index (κ2) is 9.29. The van der Waals surface area contributed by atoms with E-state index >= 15 is 0 Å². The third-order valence-corrected chi connectivity index (χ3v) is 4.89. The quantitative estimate of drug-likeness (QED) is 0.431. The Labute approximate surface area is 196 Å². The molecule has 4 rings (SSSR count). The van der Waals surface area contributed by atoms with E-state index in [1.54, 1.807) is 6.07 Å². The molecule has 0 radical (unpaired) electrons. The molecule has 8 nitrogen and oxygen atoms in total. The van der Waals surface area contributed by atoms with E-state index in [9.17, 15) is 27.6 Å². The number of aryl methyl sites for hydroxylation is 1. The highest BCUT2D eigenvalue weighted by atomic mass is 19.4. The molecule has 0 spiro atoms. The normalized spacial score (nSPS) is 11.2. The monoisotopic (exact) mass is 482 g/mol. The average Bonchev–Trinajstić information content (AvgIpc) is 3.35. The van der Waals surface area contributed by atoms with Crippen molar-refractivity contribution in [3.05, 3.63) is 106 Å². The Morgan fingerprint density at radius 3 is 2.17 bits per heavy atom. The number of carbonyl (C=O) groups excluding carboxylic acids is 2. The highest BCUT2D eigenvalue weighted by Gasteiger charge is 2.30. The number of furan rings is 1. The lowest BCUT2D eigenvalue weighted by molar-refractivity contribution is -0.137. The molecular weight excluding hydrogens is 465 g/mol. The van der Waals surface area contributed by atoms with Gasteiger partial charge < -0.3 is 15.1 Å². The molecule has 2 N–H and O–H groups in total. The molecule has 0 aliphatic rings. The molecule has 0 unspecified atom stereocenters. The van der Waals surface area contributed by atoms with Crippen LogP contribution in [0.2, 0.25) is 0 Å². The molecule has 0 saturated heterocycles. The molecule has 0 bridgehead atoms. The standard InChI is InChI=1S/C24H17F3N4O4/c1-14-12-19(32)21(30-31(14)18-5-2-4-15(13-18)24(25,26)27)23(34)29-17-9-7-16(8-10-17)28-22(33)20-6-3-11-35-20/h2-13H,1H3,(H,28,33)(H,29,34). The molecule has 11 heteroatoms. The average molecular weight is 482 g/mol. The van der Waals surface area contributed by atoms with E-state index in [1.807, 2.05) is 0 Å². The molecule has 2 aromatic carbocycles. The van der Waals surface area contributed by atoms with Crippen molar-refractivity contribution >= 4 is 23.2 Å². The van der Waals surface area contributed by atoms with E-state index in [1.165, 1.54) is 55.7 Å². The Bertz CT molecular complexity index is 1440. The summed E-state index contributed by atoms with van der Waals surface area (Å²) < 4.78 is 45.4. The third-order valence-electron chi connectivity index (χ3n) is 4.89. The van der Waals surface area contributed by atoms with E-state index in [-0.39, 0.29) is 17.1 Å². The summed E-state index contributed by atoms with van der Waals surface area (Å²) in [6.45, 7) is 1.49. The minimum Gasteiger partial charge on any atom is -0.459 e. The van der Waals surface area contributed by atoms with Crippen molar-refractivity contribution in [2.45, 2.75) is 13.1 Å². The van der Waals surface area contributed by atoms with Crippen molar-refractivity contribution in [3.8, 4) is 5.69 Å². The number of hydrogen-bond donors (Lipinski definition) is 2. The van der Waals surface area contributed by atoms with Crippen molar-refractivity contribution in [2.75, 3.05) is 10.6 Å². The van der Waals surface area contributed by atoms with Crippen LogP contribution in [0.4, 0.5) is 24.5 Å². The van der Waals surface area contributed by atoms with Crippen LogP contribution >= 0.6 is 0 Å². The van der Waals surface area contributed by atoms with Crippen LogP contribution in [0.5, 0.6) is 0 Å². The van der Waals surface area contributed by atoms with Crippen molar-refractivity contribution in [3.63, 3.8) is 0 Å². The molecule has 0 aliphatic carbocycles. The van der Waals surface area contributed by atoms with Crippen molar-refractivity contribution < 1.29 is 27.2 Å². The van der Waals surface area contributed by atoms with Crippen molar-refractivity contribution in [2.24, 2.45) is 0 Å². The molecule has 0 atom stereocenters. The molecule has 0 fully saturated rings. The third kappa shape index (κ3) is 5.29. The fourth-order valence-electron chi connectivity index (χ4n) is 3.21. The SMILES string of the molecule is Cc1cc(=O)c(C(=O)Nc2ccc(NC(=O)c3ccco3)cc2)nn1-c1cccc(C(F)(F)F)c1. The maximum atomic E-state index is 13.1. The predicted molar refractivity (Wildman–Crippen MR) is 121 cm³/mol. The van der Waals surface area contributed by atoms with E-state index < -0.39 is 34.7 Å². The lowest BCUT2D eigenvalue weighted by atomic mass is 10.2. The maximum Gasteiger partial charge on any atom is 0.416 e. The Morgan fingerprint density at radius 2 is 1.57 bits per heavy atom. The fourth-order valence-corrected chi connectivity index (χ4v) is 3.21. The van der Waals surface area contributed by atoms with Gasteiger partial charge in [0.25, 0.3) is 11.8 Å². The molecule has 0 saturated carbocycles. The largest absolute Gasteiger partial charge is 0.459 e. The summed E-state index contributed by atoms with van der Waals surface area (Å²) in [4.78, 5) is 37.2.